The molecule has 5 heteroatoms. The molecule has 3 nitrogen and oxygen atoms in total. The normalized spacial score (nSPS) is 12.4. The molecule has 0 saturated heterocycles. The number of anilines is 1. The average molecular weight is 290 g/mol. The van der Waals surface area contributed by atoms with Crippen LogP contribution in [0.25, 0.3) is 0 Å². The lowest BCUT2D eigenvalue weighted by molar-refractivity contribution is -0.136. The van der Waals surface area contributed by atoms with Gasteiger partial charge in [-0.15, -0.1) is 11.8 Å². The number of rotatable bonds is 4. The maximum atomic E-state index is 10.9. The van der Waals surface area contributed by atoms with Gasteiger partial charge in [0, 0.05) is 15.1 Å². The molecule has 1 rings (SSSR count). The van der Waals surface area contributed by atoms with E-state index in [0.717, 1.165) is 9.37 Å². The number of carboxylic acid groups (broad SMARTS) is 1. The van der Waals surface area contributed by atoms with E-state index in [9.17, 15) is 4.79 Å². The number of hydrogen-bond acceptors (Lipinski definition) is 3. The second-order valence-corrected chi connectivity index (χ2v) is 5.20. The van der Waals surface area contributed by atoms with Gasteiger partial charge in [0.05, 0.1) is 0 Å². The summed E-state index contributed by atoms with van der Waals surface area (Å²) in [6.45, 7) is 1.85. The quantitative estimate of drug-likeness (QED) is 0.661. The molecule has 0 saturated carbocycles. The van der Waals surface area contributed by atoms with Crippen molar-refractivity contribution in [3.8, 4) is 0 Å². The molecule has 0 bridgehead atoms. The average Bonchev–Trinajstić information content (AvgIpc) is 2.18. The second-order valence-electron chi connectivity index (χ2n) is 3.04. The summed E-state index contributed by atoms with van der Waals surface area (Å²) in [6.07, 6.45) is 0.575. The Bertz CT molecular complexity index is 370. The van der Waals surface area contributed by atoms with Crippen LogP contribution in [0.5, 0.6) is 0 Å². The van der Waals surface area contributed by atoms with Gasteiger partial charge in [-0.05, 0) is 24.6 Å². The van der Waals surface area contributed by atoms with Crippen LogP contribution in [0.4, 0.5) is 5.69 Å². The third kappa shape index (κ3) is 3.43. The van der Waals surface area contributed by atoms with E-state index in [1.807, 2.05) is 19.1 Å². The van der Waals surface area contributed by atoms with Crippen LogP contribution in [0.2, 0.25) is 0 Å². The Kier molecular flexibility index (Phi) is 4.47. The SMILES string of the molecule is CCC(Sc1cc(Br)ccc1N)C(=O)O. The lowest BCUT2D eigenvalue weighted by Crippen LogP contribution is -2.14. The molecule has 0 fully saturated rings. The first-order valence-corrected chi connectivity index (χ1v) is 6.16. The molecule has 0 radical (unpaired) electrons. The summed E-state index contributed by atoms with van der Waals surface area (Å²) in [5.74, 6) is -0.804. The Balaban J connectivity index is 2.87. The van der Waals surface area contributed by atoms with Crippen molar-refractivity contribution in [1.82, 2.24) is 0 Å². The minimum Gasteiger partial charge on any atom is -0.480 e. The number of carbonyl (C=O) groups is 1. The molecule has 0 aliphatic rings. The highest BCUT2D eigenvalue weighted by molar-refractivity contribution is 9.10. The van der Waals surface area contributed by atoms with Gasteiger partial charge in [-0.2, -0.15) is 0 Å². The van der Waals surface area contributed by atoms with Crippen LogP contribution in [0.15, 0.2) is 27.6 Å². The fourth-order valence-corrected chi connectivity index (χ4v) is 2.56. The van der Waals surface area contributed by atoms with Gasteiger partial charge in [0.25, 0.3) is 0 Å². The van der Waals surface area contributed by atoms with Gasteiger partial charge in [0.1, 0.15) is 5.25 Å². The highest BCUT2D eigenvalue weighted by Gasteiger charge is 2.17. The van der Waals surface area contributed by atoms with Crippen LogP contribution in [-0.2, 0) is 4.79 Å². The number of aliphatic carboxylic acids is 1. The van der Waals surface area contributed by atoms with E-state index in [1.165, 1.54) is 11.8 Å². The first-order chi connectivity index (χ1) is 7.04. The molecule has 0 aliphatic heterocycles. The van der Waals surface area contributed by atoms with E-state index < -0.39 is 11.2 Å². The fourth-order valence-electron chi connectivity index (χ4n) is 1.07. The Labute approximate surface area is 101 Å². The highest BCUT2D eigenvalue weighted by atomic mass is 79.9. The zero-order valence-corrected chi connectivity index (χ0v) is 10.6. The molecule has 1 aromatic rings. The van der Waals surface area contributed by atoms with Crippen molar-refractivity contribution in [2.45, 2.75) is 23.5 Å². The van der Waals surface area contributed by atoms with Gasteiger partial charge in [0.15, 0.2) is 0 Å². The first-order valence-electron chi connectivity index (χ1n) is 4.49. The molecule has 1 aromatic carbocycles. The number of carboxylic acids is 1. The summed E-state index contributed by atoms with van der Waals surface area (Å²) >= 11 is 4.61. The van der Waals surface area contributed by atoms with Crippen LogP contribution < -0.4 is 5.73 Å². The molecular weight excluding hydrogens is 278 g/mol. The molecule has 0 spiro atoms. The van der Waals surface area contributed by atoms with Crippen molar-refractivity contribution >= 4 is 39.3 Å². The molecule has 0 amide bonds. The Morgan fingerprint density at radius 2 is 2.33 bits per heavy atom. The Morgan fingerprint density at radius 1 is 1.67 bits per heavy atom. The number of halogens is 1. The van der Waals surface area contributed by atoms with Crippen molar-refractivity contribution in [3.05, 3.63) is 22.7 Å². The van der Waals surface area contributed by atoms with Gasteiger partial charge in [-0.1, -0.05) is 22.9 Å². The number of nitrogens with two attached hydrogens (primary N) is 1. The molecule has 0 aromatic heterocycles. The summed E-state index contributed by atoms with van der Waals surface area (Å²) in [4.78, 5) is 11.7. The maximum absolute atomic E-state index is 10.9. The number of thioether (sulfide) groups is 1. The molecule has 0 aliphatic carbocycles. The maximum Gasteiger partial charge on any atom is 0.316 e. The van der Waals surface area contributed by atoms with E-state index in [4.69, 9.17) is 10.8 Å². The van der Waals surface area contributed by atoms with Crippen LogP contribution >= 0.6 is 27.7 Å². The largest absolute Gasteiger partial charge is 0.480 e. The highest BCUT2D eigenvalue weighted by Crippen LogP contribution is 2.32. The minimum atomic E-state index is -0.804. The Hall–Kier alpha value is -0.680. The van der Waals surface area contributed by atoms with E-state index in [0.29, 0.717) is 12.1 Å². The third-order valence-corrected chi connectivity index (χ3v) is 3.81. The number of benzene rings is 1. The lowest BCUT2D eigenvalue weighted by atomic mass is 10.3. The molecular formula is C10H12BrNO2S. The van der Waals surface area contributed by atoms with E-state index in [1.54, 1.807) is 6.07 Å². The summed E-state index contributed by atoms with van der Waals surface area (Å²) in [5, 5.41) is 8.48. The standard InChI is InChI=1S/C10H12BrNO2S/c1-2-8(10(13)14)15-9-5-6(11)3-4-7(9)12/h3-5,8H,2,12H2,1H3,(H,13,14). The van der Waals surface area contributed by atoms with Crippen LogP contribution in [-0.4, -0.2) is 16.3 Å². The van der Waals surface area contributed by atoms with Crippen molar-refractivity contribution in [2.75, 3.05) is 5.73 Å². The molecule has 15 heavy (non-hydrogen) atoms. The summed E-state index contributed by atoms with van der Waals surface area (Å²) in [5.41, 5.74) is 6.37. The van der Waals surface area contributed by atoms with Crippen LogP contribution in [0, 0.1) is 0 Å². The molecule has 1 unspecified atom stereocenters. The van der Waals surface area contributed by atoms with E-state index in [2.05, 4.69) is 15.9 Å². The van der Waals surface area contributed by atoms with Crippen molar-refractivity contribution in [3.63, 3.8) is 0 Å². The Morgan fingerprint density at radius 3 is 2.87 bits per heavy atom. The second kappa shape index (κ2) is 5.42. The van der Waals surface area contributed by atoms with Gasteiger partial charge in [-0.3, -0.25) is 4.79 Å². The van der Waals surface area contributed by atoms with Crippen molar-refractivity contribution in [1.29, 1.82) is 0 Å². The summed E-state index contributed by atoms with van der Waals surface area (Å²) in [7, 11) is 0. The molecule has 3 N–H and O–H groups in total. The predicted molar refractivity (Wildman–Crippen MR) is 66.1 cm³/mol. The van der Waals surface area contributed by atoms with Crippen molar-refractivity contribution < 1.29 is 9.90 Å². The smallest absolute Gasteiger partial charge is 0.316 e. The van der Waals surface area contributed by atoms with Gasteiger partial charge in [-0.25, -0.2) is 0 Å². The fraction of sp³-hybridized carbons (Fsp3) is 0.300. The predicted octanol–water partition coefficient (Wildman–Crippen LogP) is 2.99. The summed E-state index contributed by atoms with van der Waals surface area (Å²) < 4.78 is 0.902. The van der Waals surface area contributed by atoms with Crippen molar-refractivity contribution in [2.24, 2.45) is 0 Å². The monoisotopic (exact) mass is 289 g/mol. The summed E-state index contributed by atoms with van der Waals surface area (Å²) in [6, 6.07) is 5.44. The number of hydrogen-bond donors (Lipinski definition) is 2. The molecule has 0 heterocycles. The van der Waals surface area contributed by atoms with Crippen LogP contribution in [0.1, 0.15) is 13.3 Å². The lowest BCUT2D eigenvalue weighted by Gasteiger charge is -2.11. The van der Waals surface area contributed by atoms with E-state index in [-0.39, 0.29) is 0 Å². The number of nitrogen functional groups attached to an aromatic ring is 1. The third-order valence-electron chi connectivity index (χ3n) is 1.89. The van der Waals surface area contributed by atoms with Crippen LogP contribution in [0.3, 0.4) is 0 Å². The minimum absolute atomic E-state index is 0.443. The van der Waals surface area contributed by atoms with Gasteiger partial charge >= 0.3 is 5.97 Å². The van der Waals surface area contributed by atoms with Gasteiger partial charge < -0.3 is 10.8 Å². The zero-order valence-electron chi connectivity index (χ0n) is 8.24. The van der Waals surface area contributed by atoms with E-state index >= 15 is 0 Å². The first kappa shape index (κ1) is 12.4. The molecule has 82 valence electrons. The van der Waals surface area contributed by atoms with Gasteiger partial charge in [0.2, 0.25) is 0 Å². The zero-order chi connectivity index (χ0) is 11.4. The topological polar surface area (TPSA) is 63.3 Å². The molecule has 1 atom stereocenters.